The molecule has 1 heterocycles. The van der Waals surface area contributed by atoms with E-state index in [1.54, 1.807) is 36.4 Å². The zero-order valence-corrected chi connectivity index (χ0v) is 14.4. The average molecular weight is 402 g/mol. The van der Waals surface area contributed by atoms with Crippen molar-refractivity contribution < 1.29 is 19.2 Å². The molecule has 8 heteroatoms. The number of amides is 4. The van der Waals surface area contributed by atoms with Gasteiger partial charge in [0, 0.05) is 4.47 Å². The van der Waals surface area contributed by atoms with Gasteiger partial charge in [0.2, 0.25) is 0 Å². The van der Waals surface area contributed by atoms with E-state index in [0.29, 0.717) is 10.0 Å². The summed E-state index contributed by atoms with van der Waals surface area (Å²) < 4.78 is 0.571. The Bertz CT molecular complexity index is 862. The van der Waals surface area contributed by atoms with Crippen LogP contribution in [-0.2, 0) is 4.79 Å². The number of hydrogen-bond acceptors (Lipinski definition) is 4. The normalized spacial score (nSPS) is 12.8. The molecule has 0 bridgehead atoms. The van der Waals surface area contributed by atoms with Gasteiger partial charge in [-0.1, -0.05) is 24.3 Å². The molecule has 0 spiro atoms. The predicted octanol–water partition coefficient (Wildman–Crippen LogP) is 1.51. The van der Waals surface area contributed by atoms with Crippen LogP contribution in [0, 0.1) is 0 Å². The fraction of sp³-hybridized carbons (Fsp3) is 0.0588. The first kappa shape index (κ1) is 16.8. The Kier molecular flexibility index (Phi) is 4.62. The summed E-state index contributed by atoms with van der Waals surface area (Å²) in [5.41, 5.74) is 5.30. The lowest BCUT2D eigenvalue weighted by Gasteiger charge is -2.14. The molecule has 1 aliphatic rings. The summed E-state index contributed by atoms with van der Waals surface area (Å²) >= 11 is 3.24. The van der Waals surface area contributed by atoms with Crippen molar-refractivity contribution in [2.75, 3.05) is 6.54 Å². The molecule has 0 saturated heterocycles. The highest BCUT2D eigenvalue weighted by molar-refractivity contribution is 9.10. The van der Waals surface area contributed by atoms with Crippen molar-refractivity contribution in [1.82, 2.24) is 15.8 Å². The minimum absolute atomic E-state index is 0.262. The first-order valence-electron chi connectivity index (χ1n) is 7.28. The molecule has 2 aromatic carbocycles. The van der Waals surface area contributed by atoms with Crippen LogP contribution >= 0.6 is 15.9 Å². The fourth-order valence-electron chi connectivity index (χ4n) is 2.41. The van der Waals surface area contributed by atoms with Crippen molar-refractivity contribution >= 4 is 39.6 Å². The van der Waals surface area contributed by atoms with Gasteiger partial charge in [0.25, 0.3) is 23.6 Å². The smallest absolute Gasteiger partial charge is 0.270 e. The number of imide groups is 1. The number of carbonyl (C=O) groups is 4. The highest BCUT2D eigenvalue weighted by Crippen LogP contribution is 2.21. The number of nitrogens with zero attached hydrogens (tertiary/aromatic N) is 1. The van der Waals surface area contributed by atoms with E-state index in [-0.39, 0.29) is 11.1 Å². The van der Waals surface area contributed by atoms with Crippen molar-refractivity contribution in [3.8, 4) is 0 Å². The first-order valence-corrected chi connectivity index (χ1v) is 8.07. The zero-order chi connectivity index (χ0) is 18.0. The van der Waals surface area contributed by atoms with Crippen LogP contribution in [0.2, 0.25) is 0 Å². The van der Waals surface area contributed by atoms with Crippen LogP contribution in [0.1, 0.15) is 31.1 Å². The van der Waals surface area contributed by atoms with E-state index in [1.165, 1.54) is 12.1 Å². The minimum Gasteiger partial charge on any atom is -0.271 e. The number of carbonyl (C=O) groups excluding carboxylic acids is 4. The molecular weight excluding hydrogens is 390 g/mol. The van der Waals surface area contributed by atoms with Gasteiger partial charge in [0.05, 0.1) is 16.7 Å². The van der Waals surface area contributed by atoms with Crippen molar-refractivity contribution in [2.45, 2.75) is 0 Å². The topological polar surface area (TPSA) is 95.6 Å². The molecule has 2 N–H and O–H groups in total. The van der Waals surface area contributed by atoms with Gasteiger partial charge >= 0.3 is 0 Å². The minimum atomic E-state index is -0.685. The van der Waals surface area contributed by atoms with Crippen LogP contribution in [0.4, 0.5) is 0 Å². The van der Waals surface area contributed by atoms with Crippen LogP contribution in [0.25, 0.3) is 0 Å². The summed E-state index contributed by atoms with van der Waals surface area (Å²) in [5.74, 6) is -2.28. The Morgan fingerprint density at radius 1 is 0.880 bits per heavy atom. The van der Waals surface area contributed by atoms with Gasteiger partial charge in [-0.2, -0.15) is 0 Å². The molecular formula is C17H12BrN3O4. The monoisotopic (exact) mass is 401 g/mol. The second-order valence-corrected chi connectivity index (χ2v) is 6.08. The largest absolute Gasteiger partial charge is 0.271 e. The summed E-state index contributed by atoms with van der Waals surface area (Å²) in [6.45, 7) is -0.484. The van der Waals surface area contributed by atoms with Crippen LogP contribution in [0.15, 0.2) is 53.0 Å². The maximum absolute atomic E-state index is 12.2. The molecule has 1 aliphatic heterocycles. The number of fused-ring (bicyclic) bond motifs is 1. The quantitative estimate of drug-likeness (QED) is 0.601. The zero-order valence-electron chi connectivity index (χ0n) is 12.8. The standard InChI is InChI=1S/C17H12BrN3O4/c18-13-8-4-3-7-12(13)15(23)20-19-14(22)9-21-16(24)10-5-1-2-6-11(10)17(21)25/h1-8H,9H2,(H,19,22)(H,20,23). The molecule has 4 amide bonds. The van der Waals surface area contributed by atoms with E-state index >= 15 is 0 Å². The SMILES string of the molecule is O=C(CN1C(=O)c2ccccc2C1=O)NNC(=O)c1ccccc1Br. The average Bonchev–Trinajstić information content (AvgIpc) is 2.85. The lowest BCUT2D eigenvalue weighted by Crippen LogP contribution is -2.47. The summed E-state index contributed by atoms with van der Waals surface area (Å²) in [4.78, 5) is 49.2. The molecule has 0 fully saturated rings. The molecule has 0 aliphatic carbocycles. The number of hydrazine groups is 1. The lowest BCUT2D eigenvalue weighted by molar-refractivity contribution is -0.122. The number of hydrogen-bond donors (Lipinski definition) is 2. The van der Waals surface area contributed by atoms with Crippen molar-refractivity contribution in [3.05, 3.63) is 69.7 Å². The first-order chi connectivity index (χ1) is 12.0. The van der Waals surface area contributed by atoms with Crippen molar-refractivity contribution in [1.29, 1.82) is 0 Å². The van der Waals surface area contributed by atoms with Gasteiger partial charge in [-0.3, -0.25) is 34.9 Å². The molecule has 7 nitrogen and oxygen atoms in total. The van der Waals surface area contributed by atoms with E-state index in [4.69, 9.17) is 0 Å². The van der Waals surface area contributed by atoms with Gasteiger partial charge in [-0.15, -0.1) is 0 Å². The van der Waals surface area contributed by atoms with E-state index in [2.05, 4.69) is 26.8 Å². The molecule has 0 unspecified atom stereocenters. The summed E-state index contributed by atoms with van der Waals surface area (Å²) in [6, 6.07) is 13.1. The number of halogens is 1. The molecule has 0 saturated carbocycles. The van der Waals surface area contributed by atoms with Crippen LogP contribution in [0.3, 0.4) is 0 Å². The molecule has 0 radical (unpaired) electrons. The Hall–Kier alpha value is -3.00. The number of nitrogens with one attached hydrogen (secondary N) is 2. The van der Waals surface area contributed by atoms with E-state index in [0.717, 1.165) is 4.90 Å². The van der Waals surface area contributed by atoms with Gasteiger partial charge in [0.15, 0.2) is 0 Å². The van der Waals surface area contributed by atoms with Crippen LogP contribution in [-0.4, -0.2) is 35.1 Å². The third kappa shape index (κ3) is 3.29. The predicted molar refractivity (Wildman–Crippen MR) is 91.6 cm³/mol. The van der Waals surface area contributed by atoms with Crippen LogP contribution in [0.5, 0.6) is 0 Å². The Labute approximate surface area is 151 Å². The maximum atomic E-state index is 12.2. The van der Waals surface area contributed by atoms with Gasteiger partial charge in [-0.25, -0.2) is 0 Å². The van der Waals surface area contributed by atoms with E-state index in [9.17, 15) is 19.2 Å². The summed E-state index contributed by atoms with van der Waals surface area (Å²) in [7, 11) is 0. The third-order valence-electron chi connectivity index (χ3n) is 3.61. The Balaban J connectivity index is 1.61. The van der Waals surface area contributed by atoms with Gasteiger partial charge in [0.1, 0.15) is 6.54 Å². The van der Waals surface area contributed by atoms with E-state index < -0.39 is 30.2 Å². The third-order valence-corrected chi connectivity index (χ3v) is 4.31. The fourth-order valence-corrected chi connectivity index (χ4v) is 2.87. The molecule has 2 aromatic rings. The maximum Gasteiger partial charge on any atom is 0.270 e. The number of benzene rings is 2. The second-order valence-electron chi connectivity index (χ2n) is 5.22. The van der Waals surface area contributed by atoms with Crippen LogP contribution < -0.4 is 10.9 Å². The summed E-state index contributed by atoms with van der Waals surface area (Å²) in [6.07, 6.45) is 0. The molecule has 126 valence electrons. The molecule has 25 heavy (non-hydrogen) atoms. The van der Waals surface area contributed by atoms with Crippen molar-refractivity contribution in [3.63, 3.8) is 0 Å². The lowest BCUT2D eigenvalue weighted by atomic mass is 10.1. The second kappa shape index (κ2) is 6.86. The van der Waals surface area contributed by atoms with E-state index in [1.807, 2.05) is 0 Å². The molecule has 0 atom stereocenters. The highest BCUT2D eigenvalue weighted by Gasteiger charge is 2.36. The van der Waals surface area contributed by atoms with Gasteiger partial charge in [-0.05, 0) is 40.2 Å². The highest BCUT2D eigenvalue weighted by atomic mass is 79.9. The molecule has 0 aromatic heterocycles. The number of rotatable bonds is 3. The summed E-state index contributed by atoms with van der Waals surface area (Å²) in [5, 5.41) is 0. The van der Waals surface area contributed by atoms with Gasteiger partial charge < -0.3 is 0 Å². The van der Waals surface area contributed by atoms with Crippen molar-refractivity contribution in [2.24, 2.45) is 0 Å². The molecule has 3 rings (SSSR count). The Morgan fingerprint density at radius 2 is 1.44 bits per heavy atom. The Morgan fingerprint density at radius 3 is 2.04 bits per heavy atom.